The molecule has 0 heterocycles. The molecule has 0 saturated carbocycles. The maximum atomic E-state index is 13.6. The molecule has 2 aromatic rings. The number of benzene rings is 2. The molecule has 0 unspecified atom stereocenters. The fourth-order valence-corrected chi connectivity index (χ4v) is 3.93. The van der Waals surface area contributed by atoms with E-state index in [1.165, 1.54) is 30.5 Å². The first-order valence-corrected chi connectivity index (χ1v) is 10.7. The van der Waals surface area contributed by atoms with Gasteiger partial charge in [0.1, 0.15) is 5.82 Å². The van der Waals surface area contributed by atoms with Crippen LogP contribution in [0.15, 0.2) is 58.4 Å². The number of halogens is 2. The lowest BCUT2D eigenvalue weighted by molar-refractivity contribution is 0.503. The van der Waals surface area contributed by atoms with E-state index in [9.17, 15) is 12.8 Å². The van der Waals surface area contributed by atoms with Crippen LogP contribution in [0.5, 0.6) is 0 Å². The normalized spacial score (nSPS) is 12.4. The Kier molecular flexibility index (Phi) is 9.70. The number of hydrogen-bond donors (Lipinski definition) is 2. The van der Waals surface area contributed by atoms with Crippen LogP contribution < -0.4 is 10.6 Å². The summed E-state index contributed by atoms with van der Waals surface area (Å²) in [5.74, 6) is 0.267. The smallest absolute Gasteiger partial charge is 0.242 e. The molecule has 0 radical (unpaired) electrons. The zero-order valence-electron chi connectivity index (χ0n) is 17.9. The second-order valence-corrected chi connectivity index (χ2v) is 9.69. The predicted octanol–water partition coefficient (Wildman–Crippen LogP) is 3.34. The van der Waals surface area contributed by atoms with Crippen LogP contribution in [0.3, 0.4) is 0 Å². The molecule has 0 aliphatic heterocycles. The number of rotatable bonds is 7. The third kappa shape index (κ3) is 6.64. The average molecular weight is 548 g/mol. The lowest BCUT2D eigenvalue weighted by Gasteiger charge is -2.27. The lowest BCUT2D eigenvalue weighted by Crippen LogP contribution is -2.43. The maximum Gasteiger partial charge on any atom is 0.242 e. The van der Waals surface area contributed by atoms with Crippen molar-refractivity contribution in [1.82, 2.24) is 14.9 Å². The summed E-state index contributed by atoms with van der Waals surface area (Å²) in [5.41, 5.74) is 1.20. The first kappa shape index (κ1) is 26.3. The summed E-state index contributed by atoms with van der Waals surface area (Å²) in [5, 5.41) is 6.39. The Bertz CT molecular complexity index is 978. The van der Waals surface area contributed by atoms with Gasteiger partial charge in [-0.05, 0) is 29.3 Å². The van der Waals surface area contributed by atoms with Crippen molar-refractivity contribution in [3.63, 3.8) is 0 Å². The fourth-order valence-electron chi connectivity index (χ4n) is 2.81. The Morgan fingerprint density at radius 2 is 1.77 bits per heavy atom. The van der Waals surface area contributed by atoms with Gasteiger partial charge in [-0.15, -0.1) is 24.0 Å². The van der Waals surface area contributed by atoms with Crippen molar-refractivity contribution < 1.29 is 12.8 Å². The molecular formula is C21H30FIN4O2S. The van der Waals surface area contributed by atoms with Crippen LogP contribution in [0, 0.1) is 5.82 Å². The molecule has 2 N–H and O–H groups in total. The Morgan fingerprint density at radius 3 is 2.37 bits per heavy atom. The van der Waals surface area contributed by atoms with Gasteiger partial charge in [-0.25, -0.2) is 17.1 Å². The highest BCUT2D eigenvalue weighted by Gasteiger charge is 2.22. The van der Waals surface area contributed by atoms with Crippen molar-refractivity contribution in [2.45, 2.75) is 30.7 Å². The Hall–Kier alpha value is -1.72. The van der Waals surface area contributed by atoms with Gasteiger partial charge >= 0.3 is 0 Å². The zero-order valence-corrected chi connectivity index (χ0v) is 21.1. The highest BCUT2D eigenvalue weighted by molar-refractivity contribution is 14.0. The molecule has 6 nitrogen and oxygen atoms in total. The number of nitrogens with one attached hydrogen (secondary N) is 2. The van der Waals surface area contributed by atoms with Gasteiger partial charge in [-0.2, -0.15) is 0 Å². The molecule has 2 aromatic carbocycles. The molecule has 0 spiro atoms. The van der Waals surface area contributed by atoms with E-state index < -0.39 is 10.0 Å². The molecule has 166 valence electrons. The van der Waals surface area contributed by atoms with E-state index in [0.29, 0.717) is 24.6 Å². The topological polar surface area (TPSA) is 73.8 Å². The Morgan fingerprint density at radius 1 is 1.10 bits per heavy atom. The molecule has 0 aliphatic carbocycles. The van der Waals surface area contributed by atoms with E-state index in [-0.39, 0.29) is 40.1 Å². The summed E-state index contributed by atoms with van der Waals surface area (Å²) in [6.07, 6.45) is 0. The van der Waals surface area contributed by atoms with Crippen LogP contribution in [0.1, 0.15) is 25.0 Å². The van der Waals surface area contributed by atoms with Crippen LogP contribution in [0.4, 0.5) is 4.39 Å². The van der Waals surface area contributed by atoms with E-state index in [4.69, 9.17) is 0 Å². The van der Waals surface area contributed by atoms with Crippen LogP contribution in [0.2, 0.25) is 0 Å². The summed E-state index contributed by atoms with van der Waals surface area (Å²) in [4.78, 5) is 4.46. The number of guanidine groups is 1. The second kappa shape index (κ2) is 11.1. The highest BCUT2D eigenvalue weighted by atomic mass is 127. The first-order valence-electron chi connectivity index (χ1n) is 9.29. The summed E-state index contributed by atoms with van der Waals surface area (Å²) >= 11 is 0. The fraction of sp³-hybridized carbons (Fsp3) is 0.381. The van der Waals surface area contributed by atoms with Gasteiger partial charge in [0, 0.05) is 39.6 Å². The van der Waals surface area contributed by atoms with E-state index >= 15 is 0 Å². The third-order valence-electron chi connectivity index (χ3n) is 4.70. The molecule has 30 heavy (non-hydrogen) atoms. The summed E-state index contributed by atoms with van der Waals surface area (Å²) < 4.78 is 39.8. The molecule has 0 atom stereocenters. The molecular weight excluding hydrogens is 518 g/mol. The van der Waals surface area contributed by atoms with Gasteiger partial charge in [0.2, 0.25) is 10.0 Å². The van der Waals surface area contributed by atoms with Crippen molar-refractivity contribution >= 4 is 40.0 Å². The summed E-state index contributed by atoms with van der Waals surface area (Å²) in [7, 11) is 1.12. The van der Waals surface area contributed by atoms with Crippen LogP contribution in [0.25, 0.3) is 0 Å². The third-order valence-corrected chi connectivity index (χ3v) is 6.62. The Balaban J connectivity index is 0.00000450. The number of aliphatic imine (C=N–C) groups is 1. The predicted molar refractivity (Wildman–Crippen MR) is 130 cm³/mol. The standard InChI is InChI=1S/C21H29FN4O2S.HI/c1-21(2,17-10-8-11-18(22)13-17)15-25-20(23-3)24-14-16-9-6-7-12-19(16)29(27,28)26(4)5;/h6-13H,14-15H2,1-5H3,(H2,23,24,25);1H. The molecule has 0 aliphatic rings. The summed E-state index contributed by atoms with van der Waals surface area (Å²) in [6, 6.07) is 13.4. The van der Waals surface area contributed by atoms with Gasteiger partial charge in [-0.1, -0.05) is 44.2 Å². The van der Waals surface area contributed by atoms with E-state index in [1.54, 1.807) is 37.4 Å². The van der Waals surface area contributed by atoms with Crippen molar-refractivity contribution in [2.24, 2.45) is 4.99 Å². The van der Waals surface area contributed by atoms with Gasteiger partial charge in [-0.3, -0.25) is 4.99 Å². The number of sulfonamides is 1. The van der Waals surface area contributed by atoms with Gasteiger partial charge < -0.3 is 10.6 Å². The zero-order chi connectivity index (χ0) is 21.7. The van der Waals surface area contributed by atoms with Crippen LogP contribution in [-0.2, 0) is 22.0 Å². The average Bonchev–Trinajstić information content (AvgIpc) is 2.68. The van der Waals surface area contributed by atoms with Crippen LogP contribution >= 0.6 is 24.0 Å². The second-order valence-electron chi connectivity index (χ2n) is 7.57. The van der Waals surface area contributed by atoms with Gasteiger partial charge in [0.05, 0.1) is 4.90 Å². The summed E-state index contributed by atoms with van der Waals surface area (Å²) in [6.45, 7) is 4.85. The van der Waals surface area contributed by atoms with Crippen LogP contribution in [-0.4, -0.2) is 46.4 Å². The van der Waals surface area contributed by atoms with Crippen molar-refractivity contribution in [3.05, 3.63) is 65.5 Å². The first-order chi connectivity index (χ1) is 13.6. The SMILES string of the molecule is CN=C(NCc1ccccc1S(=O)(=O)N(C)C)NCC(C)(C)c1cccc(F)c1.I. The largest absolute Gasteiger partial charge is 0.356 e. The highest BCUT2D eigenvalue weighted by Crippen LogP contribution is 2.23. The minimum Gasteiger partial charge on any atom is -0.356 e. The molecule has 2 rings (SSSR count). The van der Waals surface area contributed by atoms with E-state index in [0.717, 1.165) is 5.56 Å². The molecule has 0 fully saturated rings. The number of nitrogens with zero attached hydrogens (tertiary/aromatic N) is 2. The lowest BCUT2D eigenvalue weighted by atomic mass is 9.84. The molecule has 0 saturated heterocycles. The minimum atomic E-state index is -3.54. The molecule has 0 amide bonds. The van der Waals surface area contributed by atoms with Gasteiger partial charge in [0.15, 0.2) is 5.96 Å². The van der Waals surface area contributed by atoms with E-state index in [1.807, 2.05) is 19.9 Å². The van der Waals surface area contributed by atoms with Crippen molar-refractivity contribution in [2.75, 3.05) is 27.7 Å². The maximum absolute atomic E-state index is 13.6. The van der Waals surface area contributed by atoms with Crippen molar-refractivity contribution in [1.29, 1.82) is 0 Å². The van der Waals surface area contributed by atoms with Crippen molar-refractivity contribution in [3.8, 4) is 0 Å². The molecule has 0 aromatic heterocycles. The molecule has 0 bridgehead atoms. The Labute approximate surface area is 196 Å². The number of hydrogen-bond acceptors (Lipinski definition) is 3. The molecule has 9 heteroatoms. The van der Waals surface area contributed by atoms with Gasteiger partial charge in [0.25, 0.3) is 0 Å². The minimum absolute atomic E-state index is 0. The monoisotopic (exact) mass is 548 g/mol. The van der Waals surface area contributed by atoms with E-state index in [2.05, 4.69) is 15.6 Å². The quantitative estimate of drug-likeness (QED) is 0.317.